The van der Waals surface area contributed by atoms with Gasteiger partial charge >= 0.3 is 11.9 Å². The fourth-order valence-electron chi connectivity index (χ4n) is 4.61. The Balaban J connectivity index is 0. The second-order valence-corrected chi connectivity index (χ2v) is 11.9. The fraction of sp³-hybridized carbons (Fsp3) is 0.750. The Morgan fingerprint density at radius 2 is 0.682 bits per heavy atom. The standard InChI is InChI=1S/2C20H36O2/c2*1-3-4-5-6-7-8-9-10-11-12-13-14-15-16-17-18-19-22-20(2)21/h6-7,17-18H,3-5,8-16,19H2,1-2H3;6-7,16-17H,3-5,8-15,18-19H2,1-2H3/b7-6+,18-17+;7-6+,17-16+. The largest absolute Gasteiger partial charge is 0.466 e. The lowest BCUT2D eigenvalue weighted by Crippen LogP contribution is -1.98. The van der Waals surface area contributed by atoms with Crippen LogP contribution in [0.15, 0.2) is 48.6 Å². The molecule has 4 heteroatoms. The summed E-state index contributed by atoms with van der Waals surface area (Å²) >= 11 is 0. The highest BCUT2D eigenvalue weighted by Gasteiger charge is 1.93. The average molecular weight is 617 g/mol. The topological polar surface area (TPSA) is 52.6 Å². The van der Waals surface area contributed by atoms with Crippen molar-refractivity contribution in [3.05, 3.63) is 48.6 Å². The first kappa shape index (κ1) is 44.0. The van der Waals surface area contributed by atoms with Crippen molar-refractivity contribution < 1.29 is 19.1 Å². The summed E-state index contributed by atoms with van der Waals surface area (Å²) < 4.78 is 9.70. The number of carbonyl (C=O) groups excluding carboxylic acids is 2. The van der Waals surface area contributed by atoms with E-state index >= 15 is 0 Å². The van der Waals surface area contributed by atoms with Crippen molar-refractivity contribution >= 4 is 11.9 Å². The molecule has 44 heavy (non-hydrogen) atoms. The summed E-state index contributed by atoms with van der Waals surface area (Å²) in [7, 11) is 0. The summed E-state index contributed by atoms with van der Waals surface area (Å²) in [5.41, 5.74) is 0. The zero-order chi connectivity index (χ0) is 32.6. The maximum atomic E-state index is 10.6. The van der Waals surface area contributed by atoms with E-state index in [2.05, 4.69) is 56.4 Å². The molecule has 0 saturated carbocycles. The van der Waals surface area contributed by atoms with Crippen LogP contribution in [-0.4, -0.2) is 25.2 Å². The predicted octanol–water partition coefficient (Wildman–Crippen LogP) is 12.7. The van der Waals surface area contributed by atoms with Gasteiger partial charge in [0, 0.05) is 13.8 Å². The Labute approximate surface area is 274 Å². The van der Waals surface area contributed by atoms with E-state index in [1.54, 1.807) is 0 Å². The van der Waals surface area contributed by atoms with Gasteiger partial charge in [-0.05, 0) is 70.6 Å². The second kappa shape index (κ2) is 40.9. The van der Waals surface area contributed by atoms with Gasteiger partial charge in [0.2, 0.25) is 0 Å². The first-order valence-electron chi connectivity index (χ1n) is 18.4. The minimum Gasteiger partial charge on any atom is -0.466 e. The number of rotatable bonds is 30. The van der Waals surface area contributed by atoms with Crippen LogP contribution < -0.4 is 0 Å². The van der Waals surface area contributed by atoms with Gasteiger partial charge in [0.15, 0.2) is 0 Å². The molecule has 0 aromatic carbocycles. The van der Waals surface area contributed by atoms with Crippen molar-refractivity contribution in [3.63, 3.8) is 0 Å². The normalized spacial score (nSPS) is 11.5. The smallest absolute Gasteiger partial charge is 0.302 e. The number of unbranched alkanes of at least 4 members (excludes halogenated alkanes) is 19. The van der Waals surface area contributed by atoms with Gasteiger partial charge in [-0.25, -0.2) is 0 Å². The van der Waals surface area contributed by atoms with Crippen LogP contribution in [-0.2, 0) is 19.1 Å². The molecule has 0 aliphatic heterocycles. The Morgan fingerprint density at radius 3 is 1.02 bits per heavy atom. The Kier molecular flexibility index (Phi) is 40.9. The van der Waals surface area contributed by atoms with Crippen molar-refractivity contribution in [3.8, 4) is 0 Å². The monoisotopic (exact) mass is 617 g/mol. The van der Waals surface area contributed by atoms with Crippen molar-refractivity contribution in [1.82, 2.24) is 0 Å². The summed E-state index contributed by atoms with van der Waals surface area (Å²) in [4.78, 5) is 21.1. The molecule has 0 saturated heterocycles. The molecular weight excluding hydrogens is 544 g/mol. The SMILES string of the molecule is CCCC/C=C/CCCCCCCC/C=C/CCOC(C)=O.CCCC/C=C/CCCCCCCCC/C=C/COC(C)=O. The van der Waals surface area contributed by atoms with Crippen LogP contribution in [0.3, 0.4) is 0 Å². The summed E-state index contributed by atoms with van der Waals surface area (Å²) in [5.74, 6) is -0.397. The van der Waals surface area contributed by atoms with Gasteiger partial charge in [-0.15, -0.1) is 0 Å². The minimum absolute atomic E-state index is 0.190. The van der Waals surface area contributed by atoms with Gasteiger partial charge in [-0.2, -0.15) is 0 Å². The molecule has 0 rings (SSSR count). The molecule has 0 aromatic heterocycles. The highest BCUT2D eigenvalue weighted by atomic mass is 16.5. The molecule has 0 fully saturated rings. The fourth-order valence-corrected chi connectivity index (χ4v) is 4.61. The molecule has 0 aliphatic rings. The summed E-state index contributed by atoms with van der Waals surface area (Å²) in [5, 5.41) is 0. The first-order valence-corrected chi connectivity index (χ1v) is 18.4. The molecule has 0 aliphatic carbocycles. The molecule has 0 heterocycles. The van der Waals surface area contributed by atoms with Gasteiger partial charge in [0.1, 0.15) is 6.61 Å². The van der Waals surface area contributed by atoms with Crippen molar-refractivity contribution in [2.24, 2.45) is 0 Å². The van der Waals surface area contributed by atoms with Crippen molar-refractivity contribution in [2.75, 3.05) is 13.2 Å². The molecule has 0 radical (unpaired) electrons. The third-order valence-corrected chi connectivity index (χ3v) is 7.32. The lowest BCUT2D eigenvalue weighted by molar-refractivity contribution is -0.141. The number of ether oxygens (including phenoxy) is 2. The van der Waals surface area contributed by atoms with E-state index in [-0.39, 0.29) is 11.9 Å². The maximum absolute atomic E-state index is 10.6. The van der Waals surface area contributed by atoms with Gasteiger partial charge in [0.25, 0.3) is 0 Å². The van der Waals surface area contributed by atoms with E-state index in [0.29, 0.717) is 13.2 Å². The Morgan fingerprint density at radius 1 is 0.386 bits per heavy atom. The molecule has 0 bridgehead atoms. The molecule has 0 atom stereocenters. The van der Waals surface area contributed by atoms with Gasteiger partial charge < -0.3 is 9.47 Å². The number of hydrogen-bond acceptors (Lipinski definition) is 4. The molecule has 0 aromatic rings. The zero-order valence-electron chi connectivity index (χ0n) is 29.6. The average Bonchev–Trinajstić information content (AvgIpc) is 3.00. The quantitative estimate of drug-likeness (QED) is 0.0457. The summed E-state index contributed by atoms with van der Waals surface area (Å²) in [6.07, 6.45) is 48.6. The van der Waals surface area contributed by atoms with E-state index in [1.165, 1.54) is 149 Å². The van der Waals surface area contributed by atoms with E-state index in [1.807, 2.05) is 6.08 Å². The zero-order valence-corrected chi connectivity index (χ0v) is 29.6. The third kappa shape index (κ3) is 46.8. The number of allylic oxidation sites excluding steroid dienone is 6. The lowest BCUT2D eigenvalue weighted by atomic mass is 10.1. The predicted molar refractivity (Wildman–Crippen MR) is 192 cm³/mol. The molecule has 256 valence electrons. The molecular formula is C40H72O4. The van der Waals surface area contributed by atoms with Crippen LogP contribution in [0.1, 0.15) is 182 Å². The van der Waals surface area contributed by atoms with E-state index < -0.39 is 0 Å². The second-order valence-electron chi connectivity index (χ2n) is 11.9. The summed E-state index contributed by atoms with van der Waals surface area (Å²) in [6, 6.07) is 0. The lowest BCUT2D eigenvalue weighted by Gasteiger charge is -2.00. The van der Waals surface area contributed by atoms with Crippen LogP contribution >= 0.6 is 0 Å². The van der Waals surface area contributed by atoms with E-state index in [0.717, 1.165) is 19.3 Å². The van der Waals surface area contributed by atoms with Crippen LogP contribution in [0.25, 0.3) is 0 Å². The number of hydrogen-bond donors (Lipinski definition) is 0. The molecule has 4 nitrogen and oxygen atoms in total. The minimum atomic E-state index is -0.207. The van der Waals surface area contributed by atoms with Crippen molar-refractivity contribution in [2.45, 2.75) is 182 Å². The van der Waals surface area contributed by atoms with Gasteiger partial charge in [-0.1, -0.05) is 146 Å². The van der Waals surface area contributed by atoms with Crippen LogP contribution in [0.4, 0.5) is 0 Å². The van der Waals surface area contributed by atoms with E-state index in [9.17, 15) is 9.59 Å². The number of esters is 2. The van der Waals surface area contributed by atoms with Crippen LogP contribution in [0.5, 0.6) is 0 Å². The van der Waals surface area contributed by atoms with Gasteiger partial charge in [-0.3, -0.25) is 9.59 Å². The molecule has 0 spiro atoms. The molecule has 0 N–H and O–H groups in total. The highest BCUT2D eigenvalue weighted by Crippen LogP contribution is 2.11. The van der Waals surface area contributed by atoms with Crippen LogP contribution in [0.2, 0.25) is 0 Å². The summed E-state index contributed by atoms with van der Waals surface area (Å²) in [6.45, 7) is 8.31. The molecule has 0 unspecified atom stereocenters. The van der Waals surface area contributed by atoms with Crippen LogP contribution in [0, 0.1) is 0 Å². The number of carbonyl (C=O) groups is 2. The molecule has 0 amide bonds. The van der Waals surface area contributed by atoms with Gasteiger partial charge in [0.05, 0.1) is 6.61 Å². The highest BCUT2D eigenvalue weighted by molar-refractivity contribution is 5.66. The maximum Gasteiger partial charge on any atom is 0.302 e. The Bertz CT molecular complexity index is 704. The first-order chi connectivity index (χ1) is 21.5. The van der Waals surface area contributed by atoms with E-state index in [4.69, 9.17) is 9.47 Å². The Hall–Kier alpha value is -2.10. The third-order valence-electron chi connectivity index (χ3n) is 7.32. The van der Waals surface area contributed by atoms with Crippen molar-refractivity contribution in [1.29, 1.82) is 0 Å².